The molecule has 1 aliphatic rings. The van der Waals surface area contributed by atoms with Crippen molar-refractivity contribution in [2.45, 2.75) is 26.3 Å². The summed E-state index contributed by atoms with van der Waals surface area (Å²) in [6.45, 7) is 6.17. The first-order chi connectivity index (χ1) is 8.11. The molecule has 2 atom stereocenters. The van der Waals surface area contributed by atoms with Gasteiger partial charge in [-0.3, -0.25) is 0 Å². The maximum atomic E-state index is 8.91. The molecule has 2 N–H and O–H groups in total. The van der Waals surface area contributed by atoms with Gasteiger partial charge < -0.3 is 10.6 Å². The molecular weight excluding hydrogens is 210 g/mol. The van der Waals surface area contributed by atoms with Gasteiger partial charge in [-0.2, -0.15) is 5.26 Å². The molecule has 1 heterocycles. The first-order valence-electron chi connectivity index (χ1n) is 6.13. The molecule has 0 aromatic heterocycles. The van der Waals surface area contributed by atoms with Gasteiger partial charge in [-0.15, -0.1) is 0 Å². The lowest BCUT2D eigenvalue weighted by Gasteiger charge is -2.20. The summed E-state index contributed by atoms with van der Waals surface area (Å²) in [6, 6.07) is 8.51. The van der Waals surface area contributed by atoms with Crippen LogP contribution >= 0.6 is 0 Å². The topological polar surface area (TPSA) is 53.0 Å². The number of nitrogens with two attached hydrogens (primary N) is 1. The molecule has 0 bridgehead atoms. The minimum Gasteiger partial charge on any atom is -0.371 e. The second kappa shape index (κ2) is 4.77. The Morgan fingerprint density at radius 1 is 1.53 bits per heavy atom. The van der Waals surface area contributed by atoms with Crippen LogP contribution in [0.4, 0.5) is 5.69 Å². The normalized spacial score (nSPS) is 21.3. The first kappa shape index (κ1) is 11.9. The van der Waals surface area contributed by atoms with E-state index in [1.54, 1.807) is 0 Å². The maximum absolute atomic E-state index is 8.91. The van der Waals surface area contributed by atoms with E-state index in [2.05, 4.69) is 24.0 Å². The third-order valence-corrected chi connectivity index (χ3v) is 3.66. The standard InChI is InChI=1S/C14H19N3/c1-10-7-14(4-3-12(10)8-15)17-6-5-13(9-17)11(2)16/h3-4,7,11,13H,5-6,9,16H2,1-2H3. The number of nitriles is 1. The third-order valence-electron chi connectivity index (χ3n) is 3.66. The number of anilines is 1. The van der Waals surface area contributed by atoms with Gasteiger partial charge in [0.25, 0.3) is 0 Å². The van der Waals surface area contributed by atoms with Gasteiger partial charge in [0.15, 0.2) is 0 Å². The SMILES string of the molecule is Cc1cc(N2CCC(C(C)N)C2)ccc1C#N. The molecule has 90 valence electrons. The van der Waals surface area contributed by atoms with Crippen molar-refractivity contribution >= 4 is 5.69 Å². The summed E-state index contributed by atoms with van der Waals surface area (Å²) >= 11 is 0. The van der Waals surface area contributed by atoms with Crippen LogP contribution in [0.1, 0.15) is 24.5 Å². The molecule has 3 nitrogen and oxygen atoms in total. The molecule has 2 unspecified atom stereocenters. The Morgan fingerprint density at radius 3 is 2.82 bits per heavy atom. The lowest BCUT2D eigenvalue weighted by Crippen LogP contribution is -2.29. The van der Waals surface area contributed by atoms with Crippen molar-refractivity contribution in [3.63, 3.8) is 0 Å². The predicted octanol–water partition coefficient (Wildman–Crippen LogP) is 2.04. The summed E-state index contributed by atoms with van der Waals surface area (Å²) < 4.78 is 0. The molecule has 1 aromatic rings. The van der Waals surface area contributed by atoms with E-state index in [9.17, 15) is 0 Å². The van der Waals surface area contributed by atoms with E-state index in [-0.39, 0.29) is 6.04 Å². The van der Waals surface area contributed by atoms with Gasteiger partial charge in [0.1, 0.15) is 0 Å². The minimum absolute atomic E-state index is 0.263. The maximum Gasteiger partial charge on any atom is 0.0994 e. The molecule has 1 fully saturated rings. The van der Waals surface area contributed by atoms with E-state index in [1.807, 2.05) is 19.1 Å². The monoisotopic (exact) mass is 229 g/mol. The Labute approximate surface area is 103 Å². The predicted molar refractivity (Wildman–Crippen MR) is 69.9 cm³/mol. The fraction of sp³-hybridized carbons (Fsp3) is 0.500. The van der Waals surface area contributed by atoms with E-state index in [4.69, 9.17) is 11.0 Å². The van der Waals surface area contributed by atoms with Crippen molar-refractivity contribution in [2.24, 2.45) is 11.7 Å². The minimum atomic E-state index is 0.263. The molecule has 0 aliphatic carbocycles. The second-order valence-electron chi connectivity index (χ2n) is 4.96. The number of nitrogens with zero attached hydrogens (tertiary/aromatic N) is 2. The highest BCUT2D eigenvalue weighted by Gasteiger charge is 2.25. The van der Waals surface area contributed by atoms with E-state index in [1.165, 1.54) is 5.69 Å². The molecule has 1 aromatic carbocycles. The van der Waals surface area contributed by atoms with Crippen LogP contribution in [0.15, 0.2) is 18.2 Å². The van der Waals surface area contributed by atoms with Crippen LogP contribution in [-0.2, 0) is 0 Å². The summed E-state index contributed by atoms with van der Waals surface area (Å²) in [6.07, 6.45) is 1.16. The van der Waals surface area contributed by atoms with E-state index in [0.29, 0.717) is 5.92 Å². The highest BCUT2D eigenvalue weighted by Crippen LogP contribution is 2.26. The van der Waals surface area contributed by atoms with Crippen molar-refractivity contribution < 1.29 is 0 Å². The van der Waals surface area contributed by atoms with Crippen LogP contribution in [-0.4, -0.2) is 19.1 Å². The summed E-state index contributed by atoms with van der Waals surface area (Å²) in [4.78, 5) is 2.36. The smallest absolute Gasteiger partial charge is 0.0994 e. The van der Waals surface area contributed by atoms with Crippen LogP contribution in [0, 0.1) is 24.2 Å². The van der Waals surface area contributed by atoms with E-state index < -0.39 is 0 Å². The lowest BCUT2D eigenvalue weighted by molar-refractivity contribution is 0.488. The highest BCUT2D eigenvalue weighted by molar-refractivity contribution is 5.54. The zero-order chi connectivity index (χ0) is 12.4. The Morgan fingerprint density at radius 2 is 2.29 bits per heavy atom. The summed E-state index contributed by atoms with van der Waals surface area (Å²) in [5.74, 6) is 0.589. The number of hydrogen-bond donors (Lipinski definition) is 1. The average molecular weight is 229 g/mol. The molecule has 1 aliphatic heterocycles. The van der Waals surface area contributed by atoms with Crippen LogP contribution < -0.4 is 10.6 Å². The first-order valence-corrected chi connectivity index (χ1v) is 6.13. The van der Waals surface area contributed by atoms with Crippen molar-refractivity contribution in [1.29, 1.82) is 5.26 Å². The fourth-order valence-electron chi connectivity index (χ4n) is 2.42. The van der Waals surface area contributed by atoms with Crippen molar-refractivity contribution in [1.82, 2.24) is 0 Å². The highest BCUT2D eigenvalue weighted by atomic mass is 15.2. The molecule has 1 saturated heterocycles. The van der Waals surface area contributed by atoms with Gasteiger partial charge in [0.05, 0.1) is 11.6 Å². The molecule has 2 rings (SSSR count). The zero-order valence-electron chi connectivity index (χ0n) is 10.5. The quantitative estimate of drug-likeness (QED) is 0.844. The Hall–Kier alpha value is -1.53. The van der Waals surface area contributed by atoms with Crippen LogP contribution in [0.3, 0.4) is 0 Å². The third kappa shape index (κ3) is 2.42. The summed E-state index contributed by atoms with van der Waals surface area (Å²) in [5.41, 5.74) is 8.97. The van der Waals surface area contributed by atoms with E-state index >= 15 is 0 Å². The molecule has 0 radical (unpaired) electrons. The van der Waals surface area contributed by atoms with Gasteiger partial charge >= 0.3 is 0 Å². The van der Waals surface area contributed by atoms with Crippen molar-refractivity contribution in [2.75, 3.05) is 18.0 Å². The van der Waals surface area contributed by atoms with Crippen molar-refractivity contribution in [3.05, 3.63) is 29.3 Å². The summed E-state index contributed by atoms with van der Waals surface area (Å²) in [5, 5.41) is 8.91. The van der Waals surface area contributed by atoms with Crippen LogP contribution in [0.25, 0.3) is 0 Å². The van der Waals surface area contributed by atoms with Gasteiger partial charge in [-0.1, -0.05) is 0 Å². The lowest BCUT2D eigenvalue weighted by atomic mass is 10.0. The van der Waals surface area contributed by atoms with Gasteiger partial charge in [-0.25, -0.2) is 0 Å². The van der Waals surface area contributed by atoms with Gasteiger partial charge in [0.2, 0.25) is 0 Å². The molecule has 0 amide bonds. The number of rotatable bonds is 2. The van der Waals surface area contributed by atoms with Crippen LogP contribution in [0.2, 0.25) is 0 Å². The molecule has 0 saturated carbocycles. The molecule has 3 heteroatoms. The molecule has 17 heavy (non-hydrogen) atoms. The Kier molecular flexibility index (Phi) is 3.35. The molecule has 0 spiro atoms. The van der Waals surface area contributed by atoms with Crippen LogP contribution in [0.5, 0.6) is 0 Å². The number of aryl methyl sites for hydroxylation is 1. The zero-order valence-corrected chi connectivity index (χ0v) is 10.5. The number of benzene rings is 1. The fourth-order valence-corrected chi connectivity index (χ4v) is 2.42. The Bertz CT molecular complexity index is 445. The summed E-state index contributed by atoms with van der Waals surface area (Å²) in [7, 11) is 0. The average Bonchev–Trinajstić information content (AvgIpc) is 2.78. The largest absolute Gasteiger partial charge is 0.371 e. The Balaban J connectivity index is 2.15. The number of hydrogen-bond acceptors (Lipinski definition) is 3. The van der Waals surface area contributed by atoms with E-state index in [0.717, 1.165) is 30.6 Å². The second-order valence-corrected chi connectivity index (χ2v) is 4.96. The van der Waals surface area contributed by atoms with Gasteiger partial charge in [0, 0.05) is 24.8 Å². The molecular formula is C14H19N3. The van der Waals surface area contributed by atoms with Crippen molar-refractivity contribution in [3.8, 4) is 6.07 Å². The van der Waals surface area contributed by atoms with Gasteiger partial charge in [-0.05, 0) is 49.9 Å².